The van der Waals surface area contributed by atoms with E-state index in [0.29, 0.717) is 4.99 Å². The van der Waals surface area contributed by atoms with Crippen molar-refractivity contribution in [1.82, 2.24) is 0 Å². The molecule has 0 amide bonds. The van der Waals surface area contributed by atoms with Crippen molar-refractivity contribution in [2.24, 2.45) is 5.73 Å². The summed E-state index contributed by atoms with van der Waals surface area (Å²) in [6.07, 6.45) is 0. The van der Waals surface area contributed by atoms with Crippen molar-refractivity contribution in [1.29, 1.82) is 0 Å². The van der Waals surface area contributed by atoms with Crippen molar-refractivity contribution in [3.63, 3.8) is 0 Å². The van der Waals surface area contributed by atoms with E-state index < -0.39 is 0 Å². The van der Waals surface area contributed by atoms with Crippen LogP contribution in [-0.4, -0.2) is 12.0 Å². The maximum atomic E-state index is 12.9. The van der Waals surface area contributed by atoms with Crippen LogP contribution < -0.4 is 10.6 Å². The van der Waals surface area contributed by atoms with Crippen LogP contribution in [0.15, 0.2) is 42.5 Å². The molecule has 0 saturated carbocycles. The Morgan fingerprint density at radius 3 is 2.40 bits per heavy atom. The normalized spacial score (nSPS) is 10.3. The fraction of sp³-hybridized carbons (Fsp3) is 0.188. The molecule has 20 heavy (non-hydrogen) atoms. The Balaban J connectivity index is 2.17. The topological polar surface area (TPSA) is 29.3 Å². The van der Waals surface area contributed by atoms with E-state index in [0.717, 1.165) is 23.4 Å². The molecule has 0 bridgehead atoms. The lowest BCUT2D eigenvalue weighted by Crippen LogP contribution is -2.17. The molecule has 2 aromatic rings. The van der Waals surface area contributed by atoms with Gasteiger partial charge in [-0.05, 0) is 48.4 Å². The number of nitrogens with zero attached hydrogens (tertiary/aromatic N) is 1. The molecule has 0 aliphatic rings. The molecule has 0 radical (unpaired) electrons. The maximum Gasteiger partial charge on any atom is 0.123 e. The predicted molar refractivity (Wildman–Crippen MR) is 85.6 cm³/mol. The highest BCUT2D eigenvalue weighted by atomic mass is 32.1. The minimum absolute atomic E-state index is 0.223. The minimum Gasteiger partial charge on any atom is -0.389 e. The molecule has 0 unspecified atom stereocenters. The largest absolute Gasteiger partial charge is 0.389 e. The van der Waals surface area contributed by atoms with Crippen LogP contribution in [0.1, 0.15) is 16.7 Å². The van der Waals surface area contributed by atoms with Crippen LogP contribution in [0.25, 0.3) is 0 Å². The zero-order valence-electron chi connectivity index (χ0n) is 11.6. The van der Waals surface area contributed by atoms with Crippen LogP contribution in [-0.2, 0) is 6.54 Å². The van der Waals surface area contributed by atoms with Crippen LogP contribution in [0, 0.1) is 12.7 Å². The molecule has 2 N–H and O–H groups in total. The van der Waals surface area contributed by atoms with E-state index in [1.807, 2.05) is 32.2 Å². The van der Waals surface area contributed by atoms with Crippen LogP contribution in [0.5, 0.6) is 0 Å². The molecule has 2 aromatic carbocycles. The summed E-state index contributed by atoms with van der Waals surface area (Å²) in [5, 5.41) is 0. The van der Waals surface area contributed by atoms with Crippen molar-refractivity contribution in [2.75, 3.05) is 11.9 Å². The minimum atomic E-state index is -0.223. The average molecular weight is 288 g/mol. The van der Waals surface area contributed by atoms with Gasteiger partial charge in [0.2, 0.25) is 0 Å². The first-order valence-electron chi connectivity index (χ1n) is 6.33. The lowest BCUT2D eigenvalue weighted by atomic mass is 10.0. The van der Waals surface area contributed by atoms with E-state index in [1.54, 1.807) is 12.1 Å². The number of hydrogen-bond acceptors (Lipinski definition) is 2. The Labute approximate surface area is 124 Å². The highest BCUT2D eigenvalue weighted by Gasteiger charge is 2.06. The summed E-state index contributed by atoms with van der Waals surface area (Å²) in [5.74, 6) is -0.223. The quantitative estimate of drug-likeness (QED) is 0.874. The van der Waals surface area contributed by atoms with Crippen LogP contribution in [0.2, 0.25) is 0 Å². The number of rotatable bonds is 4. The number of thiocarbonyl (C=S) groups is 1. The number of halogens is 1. The number of aryl methyl sites for hydroxylation is 1. The van der Waals surface area contributed by atoms with Gasteiger partial charge in [0.25, 0.3) is 0 Å². The van der Waals surface area contributed by atoms with Gasteiger partial charge in [-0.15, -0.1) is 0 Å². The second kappa shape index (κ2) is 6.01. The summed E-state index contributed by atoms with van der Waals surface area (Å²) in [7, 11) is 1.98. The molecule has 104 valence electrons. The Morgan fingerprint density at radius 2 is 1.85 bits per heavy atom. The van der Waals surface area contributed by atoms with E-state index in [2.05, 4.69) is 4.90 Å². The summed E-state index contributed by atoms with van der Waals surface area (Å²) < 4.78 is 12.9. The van der Waals surface area contributed by atoms with Gasteiger partial charge in [0.1, 0.15) is 10.8 Å². The van der Waals surface area contributed by atoms with Gasteiger partial charge in [0.05, 0.1) is 0 Å². The molecule has 2 rings (SSSR count). The number of benzene rings is 2. The first-order valence-corrected chi connectivity index (χ1v) is 6.74. The molecular formula is C16H17FN2S. The standard InChI is InChI=1S/C16H17FN2S/c1-11-9-12(16(18)20)3-4-13(11)10-19(2)15-7-5-14(17)6-8-15/h3-9H,10H2,1-2H3,(H2,18,20). The molecule has 4 heteroatoms. The Kier molecular flexibility index (Phi) is 4.35. The molecule has 0 saturated heterocycles. The van der Waals surface area contributed by atoms with E-state index in [-0.39, 0.29) is 5.82 Å². The van der Waals surface area contributed by atoms with Gasteiger partial charge >= 0.3 is 0 Å². The molecule has 0 aliphatic heterocycles. The summed E-state index contributed by atoms with van der Waals surface area (Å²) in [6, 6.07) is 12.4. The van der Waals surface area contributed by atoms with Crippen molar-refractivity contribution in [3.8, 4) is 0 Å². The smallest absolute Gasteiger partial charge is 0.123 e. The van der Waals surface area contributed by atoms with Crippen molar-refractivity contribution >= 4 is 22.9 Å². The number of hydrogen-bond donors (Lipinski definition) is 1. The molecule has 0 fully saturated rings. The molecule has 2 nitrogen and oxygen atoms in total. The van der Waals surface area contributed by atoms with Gasteiger partial charge in [-0.3, -0.25) is 0 Å². The van der Waals surface area contributed by atoms with Gasteiger partial charge in [0, 0.05) is 24.8 Å². The number of nitrogens with two attached hydrogens (primary N) is 1. The SMILES string of the molecule is Cc1cc(C(N)=S)ccc1CN(C)c1ccc(F)cc1. The molecule has 0 aliphatic carbocycles. The van der Waals surface area contributed by atoms with Crippen LogP contribution in [0.3, 0.4) is 0 Å². The van der Waals surface area contributed by atoms with Crippen LogP contribution >= 0.6 is 12.2 Å². The highest BCUT2D eigenvalue weighted by Crippen LogP contribution is 2.18. The second-order valence-electron chi connectivity index (χ2n) is 4.84. The average Bonchev–Trinajstić information content (AvgIpc) is 2.41. The third kappa shape index (κ3) is 3.33. The second-order valence-corrected chi connectivity index (χ2v) is 5.28. The Morgan fingerprint density at radius 1 is 1.20 bits per heavy atom. The fourth-order valence-electron chi connectivity index (χ4n) is 2.07. The van der Waals surface area contributed by atoms with E-state index in [4.69, 9.17) is 18.0 Å². The first-order chi connectivity index (χ1) is 9.47. The van der Waals surface area contributed by atoms with Gasteiger partial charge in [0.15, 0.2) is 0 Å². The van der Waals surface area contributed by atoms with E-state index in [1.165, 1.54) is 17.7 Å². The van der Waals surface area contributed by atoms with Gasteiger partial charge in [-0.1, -0.05) is 24.4 Å². The van der Waals surface area contributed by atoms with Crippen molar-refractivity contribution < 1.29 is 4.39 Å². The summed E-state index contributed by atoms with van der Waals surface area (Å²) >= 11 is 4.97. The highest BCUT2D eigenvalue weighted by molar-refractivity contribution is 7.80. The molecule has 0 heterocycles. The zero-order chi connectivity index (χ0) is 14.7. The Hall–Kier alpha value is -1.94. The molecule has 0 spiro atoms. The number of anilines is 1. The summed E-state index contributed by atoms with van der Waals surface area (Å²) in [6.45, 7) is 2.78. The first kappa shape index (κ1) is 14.5. The molecule has 0 atom stereocenters. The van der Waals surface area contributed by atoms with Gasteiger partial charge in [-0.2, -0.15) is 0 Å². The predicted octanol–water partition coefficient (Wildman–Crippen LogP) is 3.40. The molecular weight excluding hydrogens is 271 g/mol. The van der Waals surface area contributed by atoms with E-state index in [9.17, 15) is 4.39 Å². The zero-order valence-corrected chi connectivity index (χ0v) is 12.4. The van der Waals surface area contributed by atoms with Crippen LogP contribution in [0.4, 0.5) is 10.1 Å². The lowest BCUT2D eigenvalue weighted by Gasteiger charge is -2.21. The van der Waals surface area contributed by atoms with E-state index >= 15 is 0 Å². The summed E-state index contributed by atoms with van der Waals surface area (Å²) in [5.41, 5.74) is 9.82. The summed E-state index contributed by atoms with van der Waals surface area (Å²) in [4.78, 5) is 2.48. The maximum absolute atomic E-state index is 12.9. The Bertz CT molecular complexity index is 623. The third-order valence-corrected chi connectivity index (χ3v) is 3.54. The van der Waals surface area contributed by atoms with Crippen molar-refractivity contribution in [3.05, 3.63) is 65.0 Å². The lowest BCUT2D eigenvalue weighted by molar-refractivity contribution is 0.627. The monoisotopic (exact) mass is 288 g/mol. The third-order valence-electron chi connectivity index (χ3n) is 3.30. The van der Waals surface area contributed by atoms with Gasteiger partial charge in [-0.25, -0.2) is 4.39 Å². The van der Waals surface area contributed by atoms with Crippen molar-refractivity contribution in [2.45, 2.75) is 13.5 Å². The van der Waals surface area contributed by atoms with Gasteiger partial charge < -0.3 is 10.6 Å². The fourth-order valence-corrected chi connectivity index (χ4v) is 2.20. The molecule has 0 aromatic heterocycles.